The molecule has 0 saturated carbocycles. The van der Waals surface area contributed by atoms with Gasteiger partial charge in [-0.25, -0.2) is 0 Å². The van der Waals surface area contributed by atoms with Crippen molar-refractivity contribution in [3.63, 3.8) is 0 Å². The summed E-state index contributed by atoms with van der Waals surface area (Å²) in [6.07, 6.45) is 0. The van der Waals surface area contributed by atoms with Crippen LogP contribution in [0, 0.1) is 5.41 Å². The van der Waals surface area contributed by atoms with Gasteiger partial charge in [0.25, 0.3) is 0 Å². The molecular weight excluding hydrogens is 216 g/mol. The fourth-order valence-corrected chi connectivity index (χ4v) is 0.306. The van der Waals surface area contributed by atoms with Crippen LogP contribution in [0.2, 0.25) is 0 Å². The van der Waals surface area contributed by atoms with E-state index in [0.717, 1.165) is 3.74 Å². The van der Waals surface area contributed by atoms with E-state index in [9.17, 15) is 0 Å². The molecule has 0 saturated heterocycles. The zero-order valence-corrected chi connectivity index (χ0v) is 8.15. The zero-order chi connectivity index (χ0) is 6.78. The predicted molar refractivity (Wildman–Crippen MR) is 37.2 cm³/mol. The van der Waals surface area contributed by atoms with E-state index in [1.165, 1.54) is 0 Å². The molecule has 0 spiro atoms. The molecule has 0 fully saturated rings. The van der Waals surface area contributed by atoms with Crippen molar-refractivity contribution < 1.29 is 4.74 Å². The van der Waals surface area contributed by atoms with E-state index < -0.39 is 0 Å². The standard InChI is InChI=1S/C6H12OTe/c1-6(2,3)5(8)7-4/h1-4H3. The number of rotatable bonds is 1. The van der Waals surface area contributed by atoms with Crippen LogP contribution in [0.1, 0.15) is 20.8 Å². The summed E-state index contributed by atoms with van der Waals surface area (Å²) in [4.78, 5) is 0. The first-order valence-electron chi connectivity index (χ1n) is 2.57. The molecule has 0 radical (unpaired) electrons. The molecule has 0 aliphatic carbocycles. The van der Waals surface area contributed by atoms with Crippen LogP contribution in [0.3, 0.4) is 0 Å². The molecule has 8 heavy (non-hydrogen) atoms. The quantitative estimate of drug-likeness (QED) is 0.607. The van der Waals surface area contributed by atoms with Crippen LogP contribution in [-0.2, 0) is 4.74 Å². The maximum absolute atomic E-state index is 5.04. The Morgan fingerprint density at radius 1 is 1.38 bits per heavy atom. The van der Waals surface area contributed by atoms with E-state index in [4.69, 9.17) is 4.74 Å². The third-order valence-corrected chi connectivity index (χ3v) is 3.02. The maximum atomic E-state index is 5.04. The number of methoxy groups -OCH3 is 1. The van der Waals surface area contributed by atoms with Crippen molar-refractivity contribution in [1.29, 1.82) is 0 Å². The van der Waals surface area contributed by atoms with E-state index in [-0.39, 0.29) is 5.41 Å². The topological polar surface area (TPSA) is 9.23 Å². The first kappa shape index (κ1) is 8.46. The van der Waals surface area contributed by atoms with Crippen molar-refractivity contribution in [2.24, 2.45) is 5.41 Å². The van der Waals surface area contributed by atoms with Gasteiger partial charge in [0.15, 0.2) is 0 Å². The average molecular weight is 228 g/mol. The van der Waals surface area contributed by atoms with Crippen molar-refractivity contribution in [1.82, 2.24) is 0 Å². The molecule has 0 bridgehead atoms. The number of hydrogen-bond acceptors (Lipinski definition) is 1. The third kappa shape index (κ3) is 2.69. The summed E-state index contributed by atoms with van der Waals surface area (Å²) in [6.45, 7) is 6.40. The van der Waals surface area contributed by atoms with Gasteiger partial charge >= 0.3 is 63.6 Å². The molecule has 0 aromatic heterocycles. The van der Waals surface area contributed by atoms with Crippen LogP contribution in [0.15, 0.2) is 0 Å². The monoisotopic (exact) mass is 230 g/mol. The molecule has 0 atom stereocenters. The predicted octanol–water partition coefficient (Wildman–Crippen LogP) is 0.977. The molecule has 0 N–H and O–H groups in total. The Morgan fingerprint density at radius 3 is 1.75 bits per heavy atom. The Labute approximate surface area is 63.8 Å². The van der Waals surface area contributed by atoms with Crippen molar-refractivity contribution in [3.8, 4) is 0 Å². The number of ether oxygens (including phenoxy) is 1. The van der Waals surface area contributed by atoms with E-state index in [1.807, 2.05) is 21.8 Å². The molecule has 0 aromatic carbocycles. The Hall–Kier alpha value is 0.460. The van der Waals surface area contributed by atoms with Crippen LogP contribution in [0.25, 0.3) is 0 Å². The fraction of sp³-hybridized carbons (Fsp3) is 0.833. The minimum absolute atomic E-state index is 0.208. The molecule has 0 aromatic rings. The van der Waals surface area contributed by atoms with Crippen LogP contribution in [0.4, 0.5) is 0 Å². The van der Waals surface area contributed by atoms with Gasteiger partial charge in [0.2, 0.25) is 0 Å². The van der Waals surface area contributed by atoms with Crippen LogP contribution in [0.5, 0.6) is 0 Å². The summed E-state index contributed by atoms with van der Waals surface area (Å²) in [6, 6.07) is 0. The van der Waals surface area contributed by atoms with Gasteiger partial charge in [0, 0.05) is 0 Å². The zero-order valence-electron chi connectivity index (χ0n) is 5.82. The van der Waals surface area contributed by atoms with Crippen molar-refractivity contribution in [2.45, 2.75) is 20.8 Å². The van der Waals surface area contributed by atoms with Gasteiger partial charge in [-0.15, -0.1) is 0 Å². The molecule has 1 nitrogen and oxygen atoms in total. The summed E-state index contributed by atoms with van der Waals surface area (Å²) in [7, 11) is 1.71. The van der Waals surface area contributed by atoms with Crippen LogP contribution in [-0.4, -0.2) is 32.7 Å². The molecule has 0 unspecified atom stereocenters. The molecular formula is C6H12OTe. The number of hydrogen-bond donors (Lipinski definition) is 0. The van der Waals surface area contributed by atoms with Gasteiger partial charge < -0.3 is 0 Å². The molecule has 0 heterocycles. The van der Waals surface area contributed by atoms with E-state index in [2.05, 4.69) is 20.8 Å². The summed E-state index contributed by atoms with van der Waals surface area (Å²) < 4.78 is 6.13. The first-order chi connectivity index (χ1) is 3.48. The van der Waals surface area contributed by atoms with E-state index >= 15 is 0 Å². The molecule has 48 valence electrons. The van der Waals surface area contributed by atoms with Crippen molar-refractivity contribution in [2.75, 3.05) is 7.11 Å². The Kier molecular flexibility index (Phi) is 3.01. The molecule has 0 aliphatic rings. The Bertz CT molecular complexity index is 91.2. The van der Waals surface area contributed by atoms with Gasteiger partial charge in [-0.05, 0) is 0 Å². The van der Waals surface area contributed by atoms with Gasteiger partial charge in [-0.1, -0.05) is 0 Å². The first-order valence-corrected chi connectivity index (χ1v) is 3.73. The summed E-state index contributed by atoms with van der Waals surface area (Å²) >= 11 is 1.93. The van der Waals surface area contributed by atoms with E-state index in [1.54, 1.807) is 7.11 Å². The van der Waals surface area contributed by atoms with Crippen LogP contribution >= 0.6 is 0 Å². The summed E-state index contributed by atoms with van der Waals surface area (Å²) in [5, 5.41) is 0. The Morgan fingerprint density at radius 2 is 1.75 bits per heavy atom. The molecule has 2 heteroatoms. The Balaban J connectivity index is 3.82. The molecule has 0 aliphatic heterocycles. The van der Waals surface area contributed by atoms with Gasteiger partial charge in [-0.3, -0.25) is 0 Å². The second kappa shape index (κ2) is 2.85. The normalized spacial score (nSPS) is 11.0. The van der Waals surface area contributed by atoms with E-state index in [0.29, 0.717) is 0 Å². The summed E-state index contributed by atoms with van der Waals surface area (Å²) in [5.74, 6) is 0. The molecule has 0 rings (SSSR count). The minimum atomic E-state index is 0.208. The van der Waals surface area contributed by atoms with Crippen molar-refractivity contribution in [3.05, 3.63) is 0 Å². The van der Waals surface area contributed by atoms with Crippen LogP contribution < -0.4 is 0 Å². The van der Waals surface area contributed by atoms with Gasteiger partial charge in [0.05, 0.1) is 0 Å². The van der Waals surface area contributed by atoms with Gasteiger partial charge in [0.1, 0.15) is 0 Å². The second-order valence-electron chi connectivity index (χ2n) is 2.74. The summed E-state index contributed by atoms with van der Waals surface area (Å²) in [5.41, 5.74) is 0.208. The SMILES string of the molecule is COC(=[Te])C(C)(C)C. The molecule has 0 amide bonds. The fourth-order valence-electron chi connectivity index (χ4n) is 0.306. The third-order valence-electron chi connectivity index (χ3n) is 0.798. The average Bonchev–Trinajstić information content (AvgIpc) is 1.62. The van der Waals surface area contributed by atoms with Gasteiger partial charge in [-0.2, -0.15) is 0 Å². The van der Waals surface area contributed by atoms with Crippen molar-refractivity contribution >= 4 is 25.6 Å². The second-order valence-corrected chi connectivity index (χ2v) is 3.80.